The number of nitrogens with two attached hydrogens (primary N) is 1. The number of halogens is 2. The van der Waals surface area contributed by atoms with Gasteiger partial charge in [0.2, 0.25) is 10.0 Å². The fourth-order valence-electron chi connectivity index (χ4n) is 1.17. The monoisotopic (exact) mass is 342 g/mol. The third-order valence-corrected chi connectivity index (χ3v) is 4.63. The number of nitrogens with one attached hydrogen (secondary N) is 1. The van der Waals surface area contributed by atoms with Crippen LogP contribution in [0.5, 0.6) is 0 Å². The quantitative estimate of drug-likeness (QED) is 0.875. The molecule has 4 nitrogen and oxygen atoms in total. The molecule has 0 unspecified atom stereocenters. The predicted octanol–water partition coefficient (Wildman–Crippen LogP) is 1.80. The predicted molar refractivity (Wildman–Crippen MR) is 75.0 cm³/mol. The van der Waals surface area contributed by atoms with E-state index in [9.17, 15) is 8.42 Å². The maximum Gasteiger partial charge on any atom is 0.240 e. The average molecular weight is 344 g/mol. The van der Waals surface area contributed by atoms with E-state index in [1.54, 1.807) is 25.1 Å². The smallest absolute Gasteiger partial charge is 0.240 e. The summed E-state index contributed by atoms with van der Waals surface area (Å²) in [5, 5.41) is 0. The molecule has 0 aliphatic carbocycles. The summed E-state index contributed by atoms with van der Waals surface area (Å²) in [6.45, 7) is 3.84. The van der Waals surface area contributed by atoms with Gasteiger partial charge in [-0.2, -0.15) is 0 Å². The number of hydrogen-bond donors (Lipinski definition) is 2. The lowest BCUT2D eigenvalue weighted by Crippen LogP contribution is -2.37. The van der Waals surface area contributed by atoms with Crippen molar-refractivity contribution in [3.05, 3.63) is 28.2 Å². The summed E-state index contributed by atoms with van der Waals surface area (Å²) in [6.07, 6.45) is 0. The molecule has 0 spiro atoms. The van der Waals surface area contributed by atoms with Crippen molar-refractivity contribution in [3.8, 4) is 0 Å². The van der Waals surface area contributed by atoms with Crippen LogP contribution in [-0.2, 0) is 10.0 Å². The molecule has 0 saturated carbocycles. The van der Waals surface area contributed by atoms with Gasteiger partial charge in [-0.05, 0) is 37.6 Å². The highest BCUT2D eigenvalue weighted by Gasteiger charge is 2.16. The second kappa shape index (κ2) is 6.70. The van der Waals surface area contributed by atoms with Crippen LogP contribution < -0.4 is 10.5 Å². The molecule has 1 aromatic rings. The molecule has 0 fully saturated rings. The van der Waals surface area contributed by atoms with Gasteiger partial charge in [-0.25, -0.2) is 13.1 Å². The van der Waals surface area contributed by atoms with E-state index < -0.39 is 10.0 Å². The molecule has 98 valence electrons. The van der Waals surface area contributed by atoms with Crippen LogP contribution in [0.15, 0.2) is 27.6 Å². The van der Waals surface area contributed by atoms with Crippen LogP contribution >= 0.6 is 28.3 Å². The first-order chi connectivity index (χ1) is 7.36. The van der Waals surface area contributed by atoms with Crippen LogP contribution in [-0.4, -0.2) is 21.0 Å². The van der Waals surface area contributed by atoms with Crippen LogP contribution in [0.4, 0.5) is 0 Å². The lowest BCUT2D eigenvalue weighted by atomic mass is 10.2. The van der Waals surface area contributed by atoms with Gasteiger partial charge in [-0.1, -0.05) is 15.9 Å². The van der Waals surface area contributed by atoms with Crippen LogP contribution in [0.1, 0.15) is 12.5 Å². The maximum absolute atomic E-state index is 11.9. The first kappa shape index (κ1) is 16.9. The maximum atomic E-state index is 11.9. The fourth-order valence-corrected chi connectivity index (χ4v) is 2.75. The first-order valence-corrected chi connectivity index (χ1v) is 7.13. The second-order valence-electron chi connectivity index (χ2n) is 3.67. The minimum Gasteiger partial charge on any atom is -0.329 e. The Morgan fingerprint density at radius 2 is 2.06 bits per heavy atom. The zero-order valence-corrected chi connectivity index (χ0v) is 12.8. The molecule has 17 heavy (non-hydrogen) atoms. The highest BCUT2D eigenvalue weighted by atomic mass is 79.9. The molecule has 0 saturated heterocycles. The van der Waals surface area contributed by atoms with Crippen molar-refractivity contribution in [2.75, 3.05) is 6.54 Å². The summed E-state index contributed by atoms with van der Waals surface area (Å²) >= 11 is 3.33. The van der Waals surface area contributed by atoms with E-state index in [0.717, 1.165) is 10.0 Å². The molecular formula is C10H16BrClN2O2S. The molecule has 7 heteroatoms. The van der Waals surface area contributed by atoms with Gasteiger partial charge < -0.3 is 5.73 Å². The summed E-state index contributed by atoms with van der Waals surface area (Å²) in [5.74, 6) is 0. The first-order valence-electron chi connectivity index (χ1n) is 4.85. The lowest BCUT2D eigenvalue weighted by Gasteiger charge is -2.12. The lowest BCUT2D eigenvalue weighted by molar-refractivity contribution is 0.562. The second-order valence-corrected chi connectivity index (χ2v) is 6.24. The van der Waals surface area contributed by atoms with E-state index in [4.69, 9.17) is 5.73 Å². The number of sulfonamides is 1. The van der Waals surface area contributed by atoms with Crippen molar-refractivity contribution in [2.45, 2.75) is 24.8 Å². The number of benzene rings is 1. The van der Waals surface area contributed by atoms with E-state index in [0.29, 0.717) is 0 Å². The van der Waals surface area contributed by atoms with Gasteiger partial charge in [0.1, 0.15) is 0 Å². The Labute approximate surface area is 117 Å². The van der Waals surface area contributed by atoms with Crippen molar-refractivity contribution >= 4 is 38.4 Å². The SMILES string of the molecule is Cc1cc(S(=O)(=O)N[C@@H](C)CN)ccc1Br.Cl. The third-order valence-electron chi connectivity index (χ3n) is 2.15. The van der Waals surface area contributed by atoms with Gasteiger partial charge in [0.05, 0.1) is 4.90 Å². The normalized spacial score (nSPS) is 12.9. The Kier molecular flexibility index (Phi) is 6.65. The number of rotatable bonds is 4. The molecule has 0 aliphatic rings. The average Bonchev–Trinajstić information content (AvgIpc) is 2.21. The van der Waals surface area contributed by atoms with E-state index in [1.807, 2.05) is 6.92 Å². The van der Waals surface area contributed by atoms with E-state index in [1.165, 1.54) is 0 Å². The number of aryl methyl sites for hydroxylation is 1. The van der Waals surface area contributed by atoms with Gasteiger partial charge in [0, 0.05) is 17.1 Å². The van der Waals surface area contributed by atoms with Crippen LogP contribution in [0.2, 0.25) is 0 Å². The van der Waals surface area contributed by atoms with Gasteiger partial charge >= 0.3 is 0 Å². The molecular weight excluding hydrogens is 328 g/mol. The van der Waals surface area contributed by atoms with Gasteiger partial charge in [-0.15, -0.1) is 12.4 Å². The van der Waals surface area contributed by atoms with Crippen molar-refractivity contribution in [1.29, 1.82) is 0 Å². The highest BCUT2D eigenvalue weighted by molar-refractivity contribution is 9.10. The minimum absolute atomic E-state index is 0. The molecule has 3 N–H and O–H groups in total. The van der Waals surface area contributed by atoms with Crippen molar-refractivity contribution in [1.82, 2.24) is 4.72 Å². The summed E-state index contributed by atoms with van der Waals surface area (Å²) in [5.41, 5.74) is 6.25. The Hall–Kier alpha value is -0.140. The molecule has 1 atom stereocenters. The minimum atomic E-state index is -3.46. The summed E-state index contributed by atoms with van der Waals surface area (Å²) in [4.78, 5) is 0.258. The summed E-state index contributed by atoms with van der Waals surface area (Å²) in [6, 6.07) is 4.63. The third kappa shape index (κ3) is 4.56. The highest BCUT2D eigenvalue weighted by Crippen LogP contribution is 2.19. The molecule has 1 aromatic carbocycles. The molecule has 0 radical (unpaired) electrons. The number of hydrogen-bond acceptors (Lipinski definition) is 3. The zero-order chi connectivity index (χ0) is 12.3. The Bertz CT molecular complexity index is 479. The Morgan fingerprint density at radius 3 is 2.53 bits per heavy atom. The molecule has 0 amide bonds. The Morgan fingerprint density at radius 1 is 1.47 bits per heavy atom. The summed E-state index contributed by atoms with van der Waals surface area (Å²) in [7, 11) is -3.46. The molecule has 1 rings (SSSR count). The Balaban J connectivity index is 0.00000256. The topological polar surface area (TPSA) is 72.2 Å². The van der Waals surface area contributed by atoms with E-state index in [-0.39, 0.29) is 29.9 Å². The molecule has 0 bridgehead atoms. The molecule has 0 aromatic heterocycles. The molecule has 0 aliphatic heterocycles. The van der Waals surface area contributed by atoms with Crippen LogP contribution in [0.25, 0.3) is 0 Å². The van der Waals surface area contributed by atoms with E-state index >= 15 is 0 Å². The van der Waals surface area contributed by atoms with Crippen LogP contribution in [0, 0.1) is 6.92 Å². The van der Waals surface area contributed by atoms with E-state index in [2.05, 4.69) is 20.7 Å². The van der Waals surface area contributed by atoms with Gasteiger partial charge in [0.25, 0.3) is 0 Å². The van der Waals surface area contributed by atoms with Gasteiger partial charge in [0.15, 0.2) is 0 Å². The zero-order valence-electron chi connectivity index (χ0n) is 9.60. The van der Waals surface area contributed by atoms with Crippen LogP contribution in [0.3, 0.4) is 0 Å². The largest absolute Gasteiger partial charge is 0.329 e. The fraction of sp³-hybridized carbons (Fsp3) is 0.400. The van der Waals surface area contributed by atoms with Crippen molar-refractivity contribution < 1.29 is 8.42 Å². The standard InChI is InChI=1S/C10H15BrN2O2S.ClH/c1-7-5-9(3-4-10(7)11)16(14,15)13-8(2)6-12;/h3-5,8,13H,6,12H2,1-2H3;1H/t8-;/m0./s1. The summed E-state index contributed by atoms with van der Waals surface area (Å²) < 4.78 is 27.2. The molecule has 0 heterocycles. The van der Waals surface area contributed by atoms with Crippen molar-refractivity contribution in [2.24, 2.45) is 5.73 Å². The van der Waals surface area contributed by atoms with Gasteiger partial charge in [-0.3, -0.25) is 0 Å². The van der Waals surface area contributed by atoms with Crippen molar-refractivity contribution in [3.63, 3.8) is 0 Å².